The summed E-state index contributed by atoms with van der Waals surface area (Å²) in [5, 5.41) is 3.14. The van der Waals surface area contributed by atoms with Crippen molar-refractivity contribution in [2.24, 2.45) is 0 Å². The Morgan fingerprint density at radius 2 is 2.23 bits per heavy atom. The third kappa shape index (κ3) is 2.97. The number of carbonyl (C=O) groups is 1. The van der Waals surface area contributed by atoms with Crippen molar-refractivity contribution >= 4 is 5.91 Å². The molecule has 76 valence electrons. The standard InChI is InChI=1S/C9H19N3O/c1-8(10-2)6-12-5-4-11(3)7-9(12)13/h8,10H,4-7H2,1-3H3. The van der Waals surface area contributed by atoms with Crippen LogP contribution >= 0.6 is 0 Å². The van der Waals surface area contributed by atoms with Crippen LogP contribution < -0.4 is 5.32 Å². The number of nitrogens with zero attached hydrogens (tertiary/aromatic N) is 2. The predicted molar refractivity (Wildman–Crippen MR) is 52.6 cm³/mol. The topological polar surface area (TPSA) is 35.6 Å². The van der Waals surface area contributed by atoms with Gasteiger partial charge in [-0.25, -0.2) is 0 Å². The minimum atomic E-state index is 0.246. The minimum absolute atomic E-state index is 0.246. The summed E-state index contributed by atoms with van der Waals surface area (Å²) < 4.78 is 0. The van der Waals surface area contributed by atoms with Gasteiger partial charge in [0.15, 0.2) is 0 Å². The Labute approximate surface area is 79.9 Å². The molecule has 1 amide bonds. The van der Waals surface area contributed by atoms with Crippen LogP contribution in [0.1, 0.15) is 6.92 Å². The summed E-state index contributed by atoms with van der Waals surface area (Å²) in [6, 6.07) is 0.382. The molecule has 0 saturated carbocycles. The van der Waals surface area contributed by atoms with E-state index in [-0.39, 0.29) is 5.91 Å². The molecule has 4 nitrogen and oxygen atoms in total. The molecule has 0 bridgehead atoms. The van der Waals surface area contributed by atoms with Gasteiger partial charge in [0.05, 0.1) is 6.54 Å². The normalized spacial score (nSPS) is 22.1. The van der Waals surface area contributed by atoms with E-state index in [0.717, 1.165) is 19.6 Å². The summed E-state index contributed by atoms with van der Waals surface area (Å²) in [4.78, 5) is 15.5. The highest BCUT2D eigenvalue weighted by atomic mass is 16.2. The van der Waals surface area contributed by atoms with Crippen LogP contribution in [-0.2, 0) is 4.79 Å². The molecule has 0 aliphatic carbocycles. The molecule has 0 spiro atoms. The van der Waals surface area contributed by atoms with Gasteiger partial charge in [-0.05, 0) is 21.0 Å². The van der Waals surface area contributed by atoms with Crippen molar-refractivity contribution in [1.29, 1.82) is 0 Å². The first-order chi connectivity index (χ1) is 6.13. The molecular formula is C9H19N3O. The monoisotopic (exact) mass is 185 g/mol. The van der Waals surface area contributed by atoms with Gasteiger partial charge in [0.2, 0.25) is 5.91 Å². The zero-order valence-electron chi connectivity index (χ0n) is 8.71. The highest BCUT2D eigenvalue weighted by molar-refractivity contribution is 5.79. The summed E-state index contributed by atoms with van der Waals surface area (Å²) in [6.07, 6.45) is 0. The second kappa shape index (κ2) is 4.58. The largest absolute Gasteiger partial charge is 0.339 e. The molecule has 1 heterocycles. The van der Waals surface area contributed by atoms with Gasteiger partial charge in [0.1, 0.15) is 0 Å². The fourth-order valence-electron chi connectivity index (χ4n) is 1.44. The van der Waals surface area contributed by atoms with Gasteiger partial charge >= 0.3 is 0 Å². The van der Waals surface area contributed by atoms with Crippen molar-refractivity contribution in [2.75, 3.05) is 40.3 Å². The lowest BCUT2D eigenvalue weighted by molar-refractivity contribution is -0.135. The van der Waals surface area contributed by atoms with Gasteiger partial charge < -0.3 is 10.2 Å². The van der Waals surface area contributed by atoms with E-state index in [2.05, 4.69) is 17.1 Å². The Morgan fingerprint density at radius 3 is 2.77 bits per heavy atom. The summed E-state index contributed by atoms with van der Waals surface area (Å²) in [6.45, 7) is 5.33. The zero-order chi connectivity index (χ0) is 9.84. The molecule has 1 fully saturated rings. The van der Waals surface area contributed by atoms with Crippen molar-refractivity contribution in [2.45, 2.75) is 13.0 Å². The Balaban J connectivity index is 2.38. The van der Waals surface area contributed by atoms with Gasteiger partial charge in [-0.15, -0.1) is 0 Å². The molecule has 1 N–H and O–H groups in total. The number of amides is 1. The van der Waals surface area contributed by atoms with E-state index in [0.29, 0.717) is 12.6 Å². The maximum Gasteiger partial charge on any atom is 0.236 e. The summed E-state index contributed by atoms with van der Waals surface area (Å²) >= 11 is 0. The van der Waals surface area contributed by atoms with Crippen LogP contribution in [0.4, 0.5) is 0 Å². The molecule has 1 unspecified atom stereocenters. The lowest BCUT2D eigenvalue weighted by atomic mass is 10.2. The summed E-state index contributed by atoms with van der Waals surface area (Å²) in [7, 11) is 3.90. The lowest BCUT2D eigenvalue weighted by Gasteiger charge is -2.33. The van der Waals surface area contributed by atoms with E-state index in [1.54, 1.807) is 0 Å². The molecule has 1 atom stereocenters. The Hall–Kier alpha value is -0.610. The predicted octanol–water partition coefficient (Wildman–Crippen LogP) is -0.632. The molecule has 13 heavy (non-hydrogen) atoms. The summed E-state index contributed by atoms with van der Waals surface area (Å²) in [5.74, 6) is 0.246. The van der Waals surface area contributed by atoms with Gasteiger partial charge in [-0.1, -0.05) is 0 Å². The Morgan fingerprint density at radius 1 is 1.54 bits per heavy atom. The molecular weight excluding hydrogens is 166 g/mol. The van der Waals surface area contributed by atoms with Crippen LogP contribution in [0, 0.1) is 0 Å². The van der Waals surface area contributed by atoms with E-state index in [4.69, 9.17) is 0 Å². The first kappa shape index (κ1) is 10.5. The van der Waals surface area contributed by atoms with Crippen molar-refractivity contribution in [3.63, 3.8) is 0 Å². The number of rotatable bonds is 3. The SMILES string of the molecule is CNC(C)CN1CCN(C)CC1=O. The van der Waals surface area contributed by atoms with E-state index in [1.807, 2.05) is 19.0 Å². The molecule has 1 saturated heterocycles. The van der Waals surface area contributed by atoms with E-state index in [1.165, 1.54) is 0 Å². The molecule has 1 aliphatic rings. The maximum atomic E-state index is 11.5. The van der Waals surface area contributed by atoms with E-state index < -0.39 is 0 Å². The second-order valence-electron chi connectivity index (χ2n) is 3.77. The smallest absolute Gasteiger partial charge is 0.236 e. The van der Waals surface area contributed by atoms with Crippen LogP contribution in [0.3, 0.4) is 0 Å². The molecule has 0 aromatic rings. The molecule has 0 aromatic heterocycles. The van der Waals surface area contributed by atoms with Crippen LogP contribution in [0.2, 0.25) is 0 Å². The maximum absolute atomic E-state index is 11.5. The fourth-order valence-corrected chi connectivity index (χ4v) is 1.44. The number of piperazine rings is 1. The third-order valence-electron chi connectivity index (χ3n) is 2.50. The number of hydrogen-bond donors (Lipinski definition) is 1. The van der Waals surface area contributed by atoms with Crippen LogP contribution in [0.5, 0.6) is 0 Å². The van der Waals surface area contributed by atoms with Crippen LogP contribution in [0.25, 0.3) is 0 Å². The van der Waals surface area contributed by atoms with E-state index in [9.17, 15) is 4.79 Å². The highest BCUT2D eigenvalue weighted by Crippen LogP contribution is 2.01. The fraction of sp³-hybridized carbons (Fsp3) is 0.889. The van der Waals surface area contributed by atoms with Crippen molar-refractivity contribution in [3.8, 4) is 0 Å². The van der Waals surface area contributed by atoms with Crippen LogP contribution in [-0.4, -0.2) is 62.0 Å². The molecule has 1 rings (SSSR count). The van der Waals surface area contributed by atoms with Crippen molar-refractivity contribution in [1.82, 2.24) is 15.1 Å². The van der Waals surface area contributed by atoms with Gasteiger partial charge in [-0.2, -0.15) is 0 Å². The first-order valence-corrected chi connectivity index (χ1v) is 4.77. The Bertz CT molecular complexity index is 184. The number of likely N-dealkylation sites (N-methyl/N-ethyl adjacent to an activating group) is 2. The molecule has 0 aromatic carbocycles. The number of carbonyl (C=O) groups excluding carboxylic acids is 1. The van der Waals surface area contributed by atoms with Crippen molar-refractivity contribution < 1.29 is 4.79 Å². The molecule has 1 aliphatic heterocycles. The average molecular weight is 185 g/mol. The zero-order valence-corrected chi connectivity index (χ0v) is 8.71. The average Bonchev–Trinajstić information content (AvgIpc) is 2.09. The quantitative estimate of drug-likeness (QED) is 0.636. The number of nitrogens with one attached hydrogen (secondary N) is 1. The van der Waals surface area contributed by atoms with Crippen molar-refractivity contribution in [3.05, 3.63) is 0 Å². The molecule has 4 heteroatoms. The summed E-state index contributed by atoms with van der Waals surface area (Å²) in [5.41, 5.74) is 0. The van der Waals surface area contributed by atoms with Gasteiger partial charge in [0.25, 0.3) is 0 Å². The minimum Gasteiger partial charge on any atom is -0.339 e. The first-order valence-electron chi connectivity index (χ1n) is 4.77. The van der Waals surface area contributed by atoms with E-state index >= 15 is 0 Å². The lowest BCUT2D eigenvalue weighted by Crippen LogP contribution is -2.52. The van der Waals surface area contributed by atoms with Crippen LogP contribution in [0.15, 0.2) is 0 Å². The van der Waals surface area contributed by atoms with Gasteiger partial charge in [0, 0.05) is 25.7 Å². The Kier molecular flexibility index (Phi) is 3.69. The highest BCUT2D eigenvalue weighted by Gasteiger charge is 2.21. The number of hydrogen-bond acceptors (Lipinski definition) is 3. The molecule has 0 radical (unpaired) electrons. The van der Waals surface area contributed by atoms with Gasteiger partial charge in [-0.3, -0.25) is 9.69 Å². The second-order valence-corrected chi connectivity index (χ2v) is 3.77. The third-order valence-corrected chi connectivity index (χ3v) is 2.50.